The Hall–Kier alpha value is -0.790. The van der Waals surface area contributed by atoms with E-state index in [1.165, 1.54) is 11.1 Å². The Bertz CT molecular complexity index is 419. The molecular formula is C15H20ClN. The molecule has 0 saturated carbocycles. The van der Waals surface area contributed by atoms with Crippen molar-refractivity contribution in [3.63, 3.8) is 0 Å². The van der Waals surface area contributed by atoms with Gasteiger partial charge in [0.2, 0.25) is 0 Å². The molecule has 2 rings (SSSR count). The molecule has 1 unspecified atom stereocenters. The summed E-state index contributed by atoms with van der Waals surface area (Å²) in [6.45, 7) is 8.74. The van der Waals surface area contributed by atoms with Crippen molar-refractivity contribution in [1.29, 1.82) is 0 Å². The maximum Gasteiger partial charge on any atom is 0.0406 e. The van der Waals surface area contributed by atoms with Gasteiger partial charge in [0.05, 0.1) is 0 Å². The summed E-state index contributed by atoms with van der Waals surface area (Å²) in [6, 6.07) is 8.60. The minimum absolute atomic E-state index is 0.180. The zero-order valence-corrected chi connectivity index (χ0v) is 11.6. The molecule has 1 aromatic rings. The van der Waals surface area contributed by atoms with E-state index in [2.05, 4.69) is 44.5 Å². The van der Waals surface area contributed by atoms with Crippen LogP contribution in [0, 0.1) is 0 Å². The Kier molecular flexibility index (Phi) is 3.33. The first-order chi connectivity index (χ1) is 7.90. The minimum Gasteiger partial charge on any atom is -0.294 e. The van der Waals surface area contributed by atoms with Crippen LogP contribution in [-0.4, -0.2) is 17.5 Å². The Morgan fingerprint density at radius 2 is 1.88 bits per heavy atom. The molecule has 0 aromatic heterocycles. The molecule has 92 valence electrons. The molecule has 2 heteroatoms. The van der Waals surface area contributed by atoms with Gasteiger partial charge >= 0.3 is 0 Å². The molecule has 0 spiro atoms. The van der Waals surface area contributed by atoms with Gasteiger partial charge in [-0.25, -0.2) is 0 Å². The van der Waals surface area contributed by atoms with Gasteiger partial charge in [-0.2, -0.15) is 0 Å². The summed E-state index contributed by atoms with van der Waals surface area (Å²) in [5.74, 6) is 0. The fourth-order valence-corrected chi connectivity index (χ4v) is 2.79. The van der Waals surface area contributed by atoms with Gasteiger partial charge in [0.15, 0.2) is 0 Å². The highest BCUT2D eigenvalue weighted by atomic mass is 35.5. The summed E-state index contributed by atoms with van der Waals surface area (Å²) in [5.41, 5.74) is 2.85. The highest BCUT2D eigenvalue weighted by molar-refractivity contribution is 6.30. The Balaban J connectivity index is 2.31. The summed E-state index contributed by atoms with van der Waals surface area (Å²) in [5, 5.41) is 0.797. The number of hydrogen-bond acceptors (Lipinski definition) is 1. The van der Waals surface area contributed by atoms with E-state index in [1.807, 2.05) is 12.1 Å². The average molecular weight is 250 g/mol. The summed E-state index contributed by atoms with van der Waals surface area (Å²) < 4.78 is 0. The van der Waals surface area contributed by atoms with Crippen LogP contribution in [0.3, 0.4) is 0 Å². The van der Waals surface area contributed by atoms with E-state index in [9.17, 15) is 0 Å². The molecule has 1 heterocycles. The van der Waals surface area contributed by atoms with Crippen molar-refractivity contribution in [2.75, 3.05) is 7.05 Å². The maximum atomic E-state index is 5.94. The van der Waals surface area contributed by atoms with Crippen LogP contribution >= 0.6 is 11.6 Å². The molecule has 1 aliphatic rings. The number of likely N-dealkylation sites (tertiary alicyclic amines) is 1. The molecule has 1 nitrogen and oxygen atoms in total. The van der Waals surface area contributed by atoms with Gasteiger partial charge in [-0.05, 0) is 51.4 Å². The molecule has 0 bridgehead atoms. The molecule has 1 aromatic carbocycles. The average Bonchev–Trinajstić information content (AvgIpc) is 2.24. The number of halogens is 1. The Morgan fingerprint density at radius 3 is 2.47 bits per heavy atom. The van der Waals surface area contributed by atoms with Crippen LogP contribution in [0.25, 0.3) is 0 Å². The van der Waals surface area contributed by atoms with Gasteiger partial charge in [-0.3, -0.25) is 4.90 Å². The van der Waals surface area contributed by atoms with E-state index in [-0.39, 0.29) is 5.54 Å². The predicted molar refractivity (Wildman–Crippen MR) is 74.4 cm³/mol. The number of piperidine rings is 1. The molecule has 0 N–H and O–H groups in total. The summed E-state index contributed by atoms with van der Waals surface area (Å²) in [4.78, 5) is 2.45. The monoisotopic (exact) mass is 249 g/mol. The lowest BCUT2D eigenvalue weighted by atomic mass is 9.82. The highest BCUT2D eigenvalue weighted by Gasteiger charge is 2.35. The topological polar surface area (TPSA) is 3.24 Å². The minimum atomic E-state index is 0.180. The fraction of sp³-hybridized carbons (Fsp3) is 0.467. The number of rotatable bonds is 1. The lowest BCUT2D eigenvalue weighted by Crippen LogP contribution is -2.47. The third kappa shape index (κ3) is 2.56. The van der Waals surface area contributed by atoms with Crippen LogP contribution in [0.1, 0.15) is 38.3 Å². The van der Waals surface area contributed by atoms with Gasteiger partial charge in [0.1, 0.15) is 0 Å². The van der Waals surface area contributed by atoms with Crippen LogP contribution in [0.4, 0.5) is 0 Å². The lowest BCUT2D eigenvalue weighted by molar-refractivity contribution is 0.0753. The Morgan fingerprint density at radius 1 is 1.29 bits per heavy atom. The molecule has 1 aliphatic heterocycles. The molecule has 0 radical (unpaired) electrons. The van der Waals surface area contributed by atoms with E-state index in [0.717, 1.165) is 17.9 Å². The SMILES string of the molecule is C=C1CC(c2ccc(Cl)cc2)N(C)C(C)(C)C1. The van der Waals surface area contributed by atoms with E-state index in [0.29, 0.717) is 6.04 Å². The largest absolute Gasteiger partial charge is 0.294 e. The summed E-state index contributed by atoms with van der Waals surface area (Å²) in [6.07, 6.45) is 2.12. The van der Waals surface area contributed by atoms with Crippen LogP contribution in [0.15, 0.2) is 36.4 Å². The molecule has 1 fully saturated rings. The van der Waals surface area contributed by atoms with Crippen LogP contribution < -0.4 is 0 Å². The number of nitrogens with zero attached hydrogens (tertiary/aromatic N) is 1. The smallest absolute Gasteiger partial charge is 0.0406 e. The summed E-state index contributed by atoms with van der Waals surface area (Å²) in [7, 11) is 2.20. The second-order valence-electron chi connectivity index (χ2n) is 5.62. The standard InChI is InChI=1S/C15H20ClN/c1-11-9-14(17(4)15(2,3)10-11)12-5-7-13(16)8-6-12/h5-8,14H,1,9-10H2,2-4H3. The van der Waals surface area contributed by atoms with Crippen molar-refractivity contribution in [3.05, 3.63) is 47.0 Å². The van der Waals surface area contributed by atoms with Crippen molar-refractivity contribution in [1.82, 2.24) is 4.90 Å². The van der Waals surface area contributed by atoms with E-state index < -0.39 is 0 Å². The third-order valence-electron chi connectivity index (χ3n) is 3.84. The lowest BCUT2D eigenvalue weighted by Gasteiger charge is -2.46. The van der Waals surface area contributed by atoms with Crippen molar-refractivity contribution in [3.8, 4) is 0 Å². The molecule has 0 amide bonds. The third-order valence-corrected chi connectivity index (χ3v) is 4.09. The fourth-order valence-electron chi connectivity index (χ4n) is 2.67. The first kappa shape index (κ1) is 12.7. The number of benzene rings is 1. The molecular weight excluding hydrogens is 230 g/mol. The first-order valence-electron chi connectivity index (χ1n) is 6.05. The van der Waals surface area contributed by atoms with Gasteiger partial charge in [0.25, 0.3) is 0 Å². The quantitative estimate of drug-likeness (QED) is 0.665. The second kappa shape index (κ2) is 4.47. The van der Waals surface area contributed by atoms with Gasteiger partial charge in [-0.15, -0.1) is 0 Å². The van der Waals surface area contributed by atoms with Gasteiger partial charge in [0, 0.05) is 16.6 Å². The van der Waals surface area contributed by atoms with E-state index >= 15 is 0 Å². The predicted octanol–water partition coefficient (Wildman–Crippen LogP) is 4.44. The zero-order chi connectivity index (χ0) is 12.6. The molecule has 1 saturated heterocycles. The molecule has 17 heavy (non-hydrogen) atoms. The molecule has 0 aliphatic carbocycles. The number of hydrogen-bond donors (Lipinski definition) is 0. The molecule has 1 atom stereocenters. The Labute approximate surface area is 109 Å². The van der Waals surface area contributed by atoms with Gasteiger partial charge < -0.3 is 0 Å². The van der Waals surface area contributed by atoms with Crippen molar-refractivity contribution in [2.45, 2.75) is 38.3 Å². The van der Waals surface area contributed by atoms with Gasteiger partial charge in [-0.1, -0.05) is 35.9 Å². The zero-order valence-electron chi connectivity index (χ0n) is 10.8. The first-order valence-corrected chi connectivity index (χ1v) is 6.43. The van der Waals surface area contributed by atoms with Crippen molar-refractivity contribution in [2.24, 2.45) is 0 Å². The van der Waals surface area contributed by atoms with Crippen LogP contribution in [-0.2, 0) is 0 Å². The van der Waals surface area contributed by atoms with Crippen LogP contribution in [0.2, 0.25) is 5.02 Å². The normalized spacial score (nSPS) is 24.9. The van der Waals surface area contributed by atoms with E-state index in [1.54, 1.807) is 0 Å². The van der Waals surface area contributed by atoms with Crippen molar-refractivity contribution >= 4 is 11.6 Å². The highest BCUT2D eigenvalue weighted by Crippen LogP contribution is 2.40. The van der Waals surface area contributed by atoms with E-state index in [4.69, 9.17) is 11.6 Å². The van der Waals surface area contributed by atoms with Crippen molar-refractivity contribution < 1.29 is 0 Å². The van der Waals surface area contributed by atoms with Crippen LogP contribution in [0.5, 0.6) is 0 Å². The summed E-state index contributed by atoms with van der Waals surface area (Å²) >= 11 is 5.94. The second-order valence-corrected chi connectivity index (χ2v) is 6.06. The maximum absolute atomic E-state index is 5.94.